The fraction of sp³-hybridized carbons (Fsp3) is 0.130. The predicted octanol–water partition coefficient (Wildman–Crippen LogP) is 3.71. The number of para-hydroxylation sites is 2. The number of anilines is 1. The second-order valence-electron chi connectivity index (χ2n) is 6.88. The first kappa shape index (κ1) is 21.2. The maximum absolute atomic E-state index is 12.9. The number of nitrogens with one attached hydrogen (secondary N) is 1. The van der Waals surface area contributed by atoms with Crippen molar-refractivity contribution in [1.29, 1.82) is 5.26 Å². The molecule has 9 heteroatoms. The van der Waals surface area contributed by atoms with Crippen LogP contribution in [-0.2, 0) is 16.4 Å². The minimum atomic E-state index is -3.95. The number of rotatable bonds is 8. The van der Waals surface area contributed by atoms with Crippen molar-refractivity contribution in [2.45, 2.75) is 17.7 Å². The van der Waals surface area contributed by atoms with E-state index in [9.17, 15) is 8.42 Å². The standard InChI is InChI=1S/C23H19N5O3S/c24-16-17-10-12-19(13-11-17)32(29,30)28-22-23(27-21-9-2-1-8-20(21)26-22)31-15-5-7-18-6-3-4-14-25-18/h1-4,6,8-14H,5,7,15H2,(H,26,28). The molecule has 4 aromatic rings. The molecule has 0 saturated carbocycles. The minimum absolute atomic E-state index is 0.00546. The highest BCUT2D eigenvalue weighted by Gasteiger charge is 2.20. The zero-order valence-corrected chi connectivity index (χ0v) is 17.8. The van der Waals surface area contributed by atoms with Crippen LogP contribution in [0.5, 0.6) is 5.88 Å². The van der Waals surface area contributed by atoms with E-state index in [1.165, 1.54) is 24.3 Å². The van der Waals surface area contributed by atoms with Crippen LogP contribution in [0.2, 0.25) is 0 Å². The summed E-state index contributed by atoms with van der Waals surface area (Å²) in [6, 6.07) is 20.4. The number of nitrogens with zero attached hydrogens (tertiary/aromatic N) is 4. The second kappa shape index (κ2) is 9.41. The third kappa shape index (κ3) is 4.99. The highest BCUT2D eigenvalue weighted by atomic mass is 32.2. The van der Waals surface area contributed by atoms with Crippen LogP contribution < -0.4 is 9.46 Å². The number of pyridine rings is 1. The summed E-state index contributed by atoms with van der Waals surface area (Å²) in [7, 11) is -3.95. The van der Waals surface area contributed by atoms with Crippen molar-refractivity contribution in [2.75, 3.05) is 11.3 Å². The molecule has 0 atom stereocenters. The zero-order valence-electron chi connectivity index (χ0n) is 17.0. The number of benzene rings is 2. The number of ether oxygens (including phenoxy) is 1. The Kier molecular flexibility index (Phi) is 6.24. The van der Waals surface area contributed by atoms with Gasteiger partial charge < -0.3 is 4.74 Å². The summed E-state index contributed by atoms with van der Waals surface area (Å²) < 4.78 is 34.0. The van der Waals surface area contributed by atoms with Gasteiger partial charge in [-0.2, -0.15) is 5.26 Å². The van der Waals surface area contributed by atoms with Crippen molar-refractivity contribution in [1.82, 2.24) is 15.0 Å². The molecule has 0 unspecified atom stereocenters. The van der Waals surface area contributed by atoms with Gasteiger partial charge in [-0.25, -0.2) is 18.4 Å². The van der Waals surface area contributed by atoms with E-state index in [0.29, 0.717) is 36.0 Å². The van der Waals surface area contributed by atoms with Crippen molar-refractivity contribution in [3.05, 3.63) is 84.2 Å². The molecule has 8 nitrogen and oxygen atoms in total. The Morgan fingerprint density at radius 2 is 1.66 bits per heavy atom. The number of aryl methyl sites for hydroxylation is 1. The number of hydrogen-bond donors (Lipinski definition) is 1. The Hall–Kier alpha value is -4.03. The van der Waals surface area contributed by atoms with E-state index in [2.05, 4.69) is 19.7 Å². The first-order valence-corrected chi connectivity index (χ1v) is 11.4. The van der Waals surface area contributed by atoms with E-state index in [4.69, 9.17) is 10.00 Å². The molecular formula is C23H19N5O3S. The van der Waals surface area contributed by atoms with E-state index in [1.807, 2.05) is 30.3 Å². The van der Waals surface area contributed by atoms with Gasteiger partial charge in [-0.3, -0.25) is 9.71 Å². The zero-order chi connectivity index (χ0) is 22.4. The average molecular weight is 446 g/mol. The van der Waals surface area contributed by atoms with Crippen molar-refractivity contribution in [3.8, 4) is 11.9 Å². The van der Waals surface area contributed by atoms with Gasteiger partial charge in [0.05, 0.1) is 34.2 Å². The molecular weight excluding hydrogens is 426 g/mol. The molecule has 32 heavy (non-hydrogen) atoms. The first-order chi connectivity index (χ1) is 15.5. The molecule has 0 radical (unpaired) electrons. The van der Waals surface area contributed by atoms with E-state index < -0.39 is 10.0 Å². The molecule has 0 spiro atoms. The van der Waals surface area contributed by atoms with Crippen molar-refractivity contribution >= 4 is 26.9 Å². The molecule has 0 bridgehead atoms. The van der Waals surface area contributed by atoms with Crippen molar-refractivity contribution < 1.29 is 13.2 Å². The van der Waals surface area contributed by atoms with Crippen molar-refractivity contribution in [2.24, 2.45) is 0 Å². The van der Waals surface area contributed by atoms with Gasteiger partial charge in [0, 0.05) is 11.9 Å². The summed E-state index contributed by atoms with van der Waals surface area (Å²) in [6.07, 6.45) is 3.13. The van der Waals surface area contributed by atoms with Gasteiger partial charge in [0.1, 0.15) is 0 Å². The highest BCUT2D eigenvalue weighted by molar-refractivity contribution is 7.92. The van der Waals surface area contributed by atoms with Crippen LogP contribution in [0.3, 0.4) is 0 Å². The Labute approximate surface area is 185 Å². The number of nitriles is 1. The van der Waals surface area contributed by atoms with E-state index >= 15 is 0 Å². The average Bonchev–Trinajstić information content (AvgIpc) is 2.82. The molecule has 0 aliphatic rings. The summed E-state index contributed by atoms with van der Waals surface area (Å²) in [6.45, 7) is 0.315. The molecule has 2 aromatic carbocycles. The Balaban J connectivity index is 1.56. The molecule has 160 valence electrons. The molecule has 2 heterocycles. The van der Waals surface area contributed by atoms with Crippen LogP contribution in [-0.4, -0.2) is 30.0 Å². The smallest absolute Gasteiger partial charge is 0.263 e. The molecule has 0 fully saturated rings. The Bertz CT molecular complexity index is 1370. The monoisotopic (exact) mass is 445 g/mol. The molecule has 4 rings (SSSR count). The predicted molar refractivity (Wildman–Crippen MR) is 120 cm³/mol. The van der Waals surface area contributed by atoms with Crippen molar-refractivity contribution in [3.63, 3.8) is 0 Å². The quantitative estimate of drug-likeness (QED) is 0.411. The second-order valence-corrected chi connectivity index (χ2v) is 8.56. The fourth-order valence-electron chi connectivity index (χ4n) is 3.01. The van der Waals surface area contributed by atoms with Gasteiger partial charge in [-0.05, 0) is 61.4 Å². The number of aromatic nitrogens is 3. The minimum Gasteiger partial charge on any atom is -0.475 e. The van der Waals surface area contributed by atoms with E-state index in [1.54, 1.807) is 24.4 Å². The first-order valence-electron chi connectivity index (χ1n) is 9.88. The molecule has 0 aliphatic heterocycles. The summed E-state index contributed by atoms with van der Waals surface area (Å²) in [5.74, 6) is 0.104. The number of hydrogen-bond acceptors (Lipinski definition) is 7. The third-order valence-electron chi connectivity index (χ3n) is 4.61. The largest absolute Gasteiger partial charge is 0.475 e. The van der Waals surface area contributed by atoms with Gasteiger partial charge in [0.25, 0.3) is 15.9 Å². The Morgan fingerprint density at radius 3 is 2.34 bits per heavy atom. The van der Waals surface area contributed by atoms with Gasteiger partial charge in [-0.15, -0.1) is 0 Å². The highest BCUT2D eigenvalue weighted by Crippen LogP contribution is 2.26. The summed E-state index contributed by atoms with van der Waals surface area (Å²) in [5, 5.41) is 8.93. The lowest BCUT2D eigenvalue weighted by Crippen LogP contribution is -2.16. The maximum atomic E-state index is 12.9. The number of sulfonamides is 1. The SMILES string of the molecule is N#Cc1ccc(S(=O)(=O)Nc2nc3ccccc3nc2OCCCc2ccccn2)cc1. The van der Waals surface area contributed by atoms with E-state index in [0.717, 1.165) is 5.69 Å². The normalized spacial score (nSPS) is 11.1. The molecule has 0 amide bonds. The number of fused-ring (bicyclic) bond motifs is 1. The Morgan fingerprint density at radius 1 is 0.938 bits per heavy atom. The van der Waals surface area contributed by atoms with Crippen LogP contribution in [0.15, 0.2) is 77.8 Å². The summed E-state index contributed by atoms with van der Waals surface area (Å²) in [5.41, 5.74) is 2.44. The molecule has 2 aromatic heterocycles. The van der Waals surface area contributed by atoms with Crippen LogP contribution in [0.4, 0.5) is 5.82 Å². The molecule has 1 N–H and O–H groups in total. The summed E-state index contributed by atoms with van der Waals surface area (Å²) in [4.78, 5) is 13.2. The lowest BCUT2D eigenvalue weighted by Gasteiger charge is -2.13. The van der Waals surface area contributed by atoms with Gasteiger partial charge >= 0.3 is 0 Å². The topological polar surface area (TPSA) is 118 Å². The molecule has 0 aliphatic carbocycles. The van der Waals surface area contributed by atoms with Crippen LogP contribution in [0, 0.1) is 11.3 Å². The van der Waals surface area contributed by atoms with Gasteiger partial charge in [-0.1, -0.05) is 18.2 Å². The third-order valence-corrected chi connectivity index (χ3v) is 5.96. The van der Waals surface area contributed by atoms with E-state index in [-0.39, 0.29) is 16.6 Å². The van der Waals surface area contributed by atoms with Crippen LogP contribution in [0.1, 0.15) is 17.7 Å². The maximum Gasteiger partial charge on any atom is 0.263 e. The van der Waals surface area contributed by atoms with Crippen LogP contribution >= 0.6 is 0 Å². The fourth-order valence-corrected chi connectivity index (χ4v) is 4.01. The van der Waals surface area contributed by atoms with Gasteiger partial charge in [0.2, 0.25) is 5.82 Å². The molecule has 0 saturated heterocycles. The lowest BCUT2D eigenvalue weighted by molar-refractivity contribution is 0.300. The van der Waals surface area contributed by atoms with Gasteiger partial charge in [0.15, 0.2) is 0 Å². The summed E-state index contributed by atoms with van der Waals surface area (Å²) >= 11 is 0. The van der Waals surface area contributed by atoms with Crippen LogP contribution in [0.25, 0.3) is 11.0 Å². The lowest BCUT2D eigenvalue weighted by atomic mass is 10.2.